The van der Waals surface area contributed by atoms with Gasteiger partial charge in [0.25, 0.3) is 0 Å². The Kier molecular flexibility index (Phi) is 3.88. The summed E-state index contributed by atoms with van der Waals surface area (Å²) < 4.78 is 11.7. The number of benzene rings is 1. The van der Waals surface area contributed by atoms with E-state index in [9.17, 15) is 0 Å². The van der Waals surface area contributed by atoms with Crippen molar-refractivity contribution in [1.29, 1.82) is 5.26 Å². The quantitative estimate of drug-likeness (QED) is 0.803. The molecule has 1 saturated heterocycles. The van der Waals surface area contributed by atoms with Gasteiger partial charge in [-0.25, -0.2) is 0 Å². The van der Waals surface area contributed by atoms with Gasteiger partial charge in [0, 0.05) is 12.8 Å². The lowest BCUT2D eigenvalue weighted by Crippen LogP contribution is -2.35. The lowest BCUT2D eigenvalue weighted by molar-refractivity contribution is -0.0722. The summed E-state index contributed by atoms with van der Waals surface area (Å²) in [4.78, 5) is 0. The maximum absolute atomic E-state index is 9.09. The molecule has 1 aromatic carbocycles. The summed E-state index contributed by atoms with van der Waals surface area (Å²) >= 11 is 0. The summed E-state index contributed by atoms with van der Waals surface area (Å²) in [5.41, 5.74) is 1.71. The molecule has 3 heteroatoms. The summed E-state index contributed by atoms with van der Waals surface area (Å²) in [7, 11) is 0. The third-order valence-electron chi connectivity index (χ3n) is 3.21. The molecule has 96 valence electrons. The molecule has 1 heterocycles. The number of hydrogen-bond acceptors (Lipinski definition) is 3. The van der Waals surface area contributed by atoms with Gasteiger partial charge < -0.3 is 9.47 Å². The first-order valence-corrected chi connectivity index (χ1v) is 6.41. The Morgan fingerprint density at radius 1 is 1.28 bits per heavy atom. The molecule has 0 N–H and O–H groups in total. The summed E-state index contributed by atoms with van der Waals surface area (Å²) in [6.45, 7) is 6.13. The zero-order chi connectivity index (χ0) is 13.1. The average Bonchev–Trinajstić information content (AvgIpc) is 2.27. The number of hydrogen-bond donors (Lipinski definition) is 0. The minimum Gasteiger partial charge on any atom is -0.489 e. The van der Waals surface area contributed by atoms with Crippen molar-refractivity contribution < 1.29 is 9.47 Å². The fourth-order valence-electron chi connectivity index (χ4n) is 2.44. The lowest BCUT2D eigenvalue weighted by atomic mass is 10.0. The maximum Gasteiger partial charge on any atom is 0.137 e. The zero-order valence-corrected chi connectivity index (χ0v) is 11.1. The third kappa shape index (κ3) is 3.02. The SMILES string of the molecule is Cc1ccc(C#N)c(OC2CC(C)OC(C)C2)c1. The molecule has 0 aliphatic carbocycles. The van der Waals surface area contributed by atoms with Crippen LogP contribution in [0.2, 0.25) is 0 Å². The molecule has 3 nitrogen and oxygen atoms in total. The van der Waals surface area contributed by atoms with Crippen molar-refractivity contribution in [1.82, 2.24) is 0 Å². The highest BCUT2D eigenvalue weighted by molar-refractivity contribution is 5.45. The topological polar surface area (TPSA) is 42.2 Å². The van der Waals surface area contributed by atoms with E-state index in [0.29, 0.717) is 11.3 Å². The average molecular weight is 245 g/mol. The Morgan fingerprint density at radius 2 is 1.94 bits per heavy atom. The van der Waals surface area contributed by atoms with Crippen LogP contribution in [0.15, 0.2) is 18.2 Å². The second kappa shape index (κ2) is 5.41. The molecule has 0 radical (unpaired) electrons. The van der Waals surface area contributed by atoms with E-state index >= 15 is 0 Å². The van der Waals surface area contributed by atoms with Gasteiger partial charge in [-0.15, -0.1) is 0 Å². The Hall–Kier alpha value is -1.53. The Bertz CT molecular complexity index is 454. The van der Waals surface area contributed by atoms with Gasteiger partial charge in [-0.2, -0.15) is 5.26 Å². The van der Waals surface area contributed by atoms with E-state index < -0.39 is 0 Å². The number of nitrogens with zero attached hydrogens (tertiary/aromatic N) is 1. The first-order valence-electron chi connectivity index (χ1n) is 6.41. The minimum absolute atomic E-state index is 0.137. The van der Waals surface area contributed by atoms with Crippen LogP contribution < -0.4 is 4.74 Å². The fraction of sp³-hybridized carbons (Fsp3) is 0.533. The second-order valence-corrected chi connectivity index (χ2v) is 5.08. The van der Waals surface area contributed by atoms with Gasteiger partial charge >= 0.3 is 0 Å². The predicted octanol–water partition coefficient (Wildman–Crippen LogP) is 3.20. The first-order chi connectivity index (χ1) is 8.58. The van der Waals surface area contributed by atoms with E-state index in [1.54, 1.807) is 0 Å². The summed E-state index contributed by atoms with van der Waals surface area (Å²) in [5, 5.41) is 9.09. The van der Waals surface area contributed by atoms with E-state index in [1.807, 2.05) is 25.1 Å². The molecule has 0 aromatic heterocycles. The molecule has 0 saturated carbocycles. The van der Waals surface area contributed by atoms with Crippen molar-refractivity contribution in [2.45, 2.75) is 51.9 Å². The van der Waals surface area contributed by atoms with Crippen LogP contribution in [0.5, 0.6) is 5.75 Å². The Labute approximate surface area is 108 Å². The van der Waals surface area contributed by atoms with Gasteiger partial charge in [-0.3, -0.25) is 0 Å². The molecule has 0 bridgehead atoms. The van der Waals surface area contributed by atoms with Crippen molar-refractivity contribution in [2.75, 3.05) is 0 Å². The van der Waals surface area contributed by atoms with Crippen LogP contribution in [0.4, 0.5) is 0 Å². The predicted molar refractivity (Wildman–Crippen MR) is 69.6 cm³/mol. The van der Waals surface area contributed by atoms with Gasteiger partial charge in [0.1, 0.15) is 17.9 Å². The van der Waals surface area contributed by atoms with Gasteiger partial charge in [0.2, 0.25) is 0 Å². The summed E-state index contributed by atoms with van der Waals surface area (Å²) in [6, 6.07) is 7.86. The monoisotopic (exact) mass is 245 g/mol. The van der Waals surface area contributed by atoms with E-state index in [0.717, 1.165) is 18.4 Å². The van der Waals surface area contributed by atoms with E-state index in [2.05, 4.69) is 19.9 Å². The molecule has 1 aliphatic heterocycles. The molecule has 18 heavy (non-hydrogen) atoms. The molecular weight excluding hydrogens is 226 g/mol. The molecule has 2 unspecified atom stereocenters. The second-order valence-electron chi connectivity index (χ2n) is 5.08. The van der Waals surface area contributed by atoms with Crippen LogP contribution in [-0.4, -0.2) is 18.3 Å². The third-order valence-corrected chi connectivity index (χ3v) is 3.21. The fourth-order valence-corrected chi connectivity index (χ4v) is 2.44. The van der Waals surface area contributed by atoms with Gasteiger partial charge in [-0.05, 0) is 38.5 Å². The van der Waals surface area contributed by atoms with E-state index in [4.69, 9.17) is 14.7 Å². The van der Waals surface area contributed by atoms with Crippen molar-refractivity contribution in [3.63, 3.8) is 0 Å². The highest BCUT2D eigenvalue weighted by Crippen LogP contribution is 2.27. The summed E-state index contributed by atoms with van der Waals surface area (Å²) in [6.07, 6.45) is 2.33. The first kappa shape index (κ1) is 12.9. The number of rotatable bonds is 2. The van der Waals surface area contributed by atoms with Crippen molar-refractivity contribution in [3.8, 4) is 11.8 Å². The summed E-state index contributed by atoms with van der Waals surface area (Å²) in [5.74, 6) is 0.698. The van der Waals surface area contributed by atoms with Crippen LogP contribution in [-0.2, 0) is 4.74 Å². The van der Waals surface area contributed by atoms with Crippen LogP contribution in [0.3, 0.4) is 0 Å². The van der Waals surface area contributed by atoms with E-state index in [-0.39, 0.29) is 18.3 Å². The zero-order valence-electron chi connectivity index (χ0n) is 11.1. The number of aryl methyl sites for hydroxylation is 1. The molecule has 0 spiro atoms. The van der Waals surface area contributed by atoms with Crippen molar-refractivity contribution in [2.24, 2.45) is 0 Å². The molecule has 1 aromatic rings. The Morgan fingerprint density at radius 3 is 2.56 bits per heavy atom. The van der Waals surface area contributed by atoms with Gasteiger partial charge in [0.15, 0.2) is 0 Å². The molecular formula is C15H19NO2. The van der Waals surface area contributed by atoms with Crippen molar-refractivity contribution in [3.05, 3.63) is 29.3 Å². The molecule has 2 atom stereocenters. The Balaban J connectivity index is 2.13. The van der Waals surface area contributed by atoms with Gasteiger partial charge in [0.05, 0.1) is 17.8 Å². The van der Waals surface area contributed by atoms with Crippen LogP contribution >= 0.6 is 0 Å². The molecule has 0 amide bonds. The standard InChI is InChI=1S/C15H19NO2/c1-10-4-5-13(9-16)15(6-10)18-14-7-11(2)17-12(3)8-14/h4-6,11-12,14H,7-8H2,1-3H3. The largest absolute Gasteiger partial charge is 0.489 e. The van der Waals surface area contributed by atoms with E-state index in [1.165, 1.54) is 0 Å². The normalized spacial score (nSPS) is 27.6. The molecule has 2 rings (SSSR count). The lowest BCUT2D eigenvalue weighted by Gasteiger charge is -2.32. The maximum atomic E-state index is 9.09. The number of nitriles is 1. The van der Waals surface area contributed by atoms with Crippen LogP contribution in [0.25, 0.3) is 0 Å². The van der Waals surface area contributed by atoms with Crippen LogP contribution in [0, 0.1) is 18.3 Å². The minimum atomic E-state index is 0.137. The molecule has 1 fully saturated rings. The smallest absolute Gasteiger partial charge is 0.137 e. The van der Waals surface area contributed by atoms with Crippen LogP contribution in [0.1, 0.15) is 37.8 Å². The highest BCUT2D eigenvalue weighted by Gasteiger charge is 2.26. The number of ether oxygens (including phenoxy) is 2. The highest BCUT2D eigenvalue weighted by atomic mass is 16.5. The molecule has 1 aliphatic rings. The van der Waals surface area contributed by atoms with Crippen molar-refractivity contribution >= 4 is 0 Å². The van der Waals surface area contributed by atoms with Gasteiger partial charge in [-0.1, -0.05) is 6.07 Å².